The molecule has 0 bridgehead atoms. The van der Waals surface area contributed by atoms with Gasteiger partial charge in [-0.2, -0.15) is 0 Å². The lowest BCUT2D eigenvalue weighted by molar-refractivity contribution is -0.123. The Labute approximate surface area is 156 Å². The van der Waals surface area contributed by atoms with Crippen LogP contribution in [0.1, 0.15) is 27.8 Å². The van der Waals surface area contributed by atoms with Crippen molar-refractivity contribution in [1.29, 1.82) is 0 Å². The number of nitrogens with one attached hydrogen (secondary N) is 2. The van der Waals surface area contributed by atoms with Crippen LogP contribution in [0.15, 0.2) is 42.0 Å². The molecule has 4 amide bonds. The van der Waals surface area contributed by atoms with Gasteiger partial charge in [0, 0.05) is 5.02 Å². The van der Waals surface area contributed by atoms with Crippen molar-refractivity contribution in [3.05, 3.63) is 74.8 Å². The van der Waals surface area contributed by atoms with Gasteiger partial charge in [0.15, 0.2) is 0 Å². The smallest absolute Gasteiger partial charge is 0.273 e. The summed E-state index contributed by atoms with van der Waals surface area (Å²) in [5.41, 5.74) is 4.90. The Kier molecular flexibility index (Phi) is 4.91. The zero-order chi connectivity index (χ0) is 18.8. The summed E-state index contributed by atoms with van der Waals surface area (Å²) in [4.78, 5) is 35.1. The Morgan fingerprint density at radius 1 is 0.923 bits per heavy atom. The van der Waals surface area contributed by atoms with Gasteiger partial charge in [-0.15, -0.1) is 0 Å². The second-order valence-corrected chi connectivity index (χ2v) is 6.75. The van der Waals surface area contributed by atoms with E-state index in [-0.39, 0.29) is 5.57 Å². The van der Waals surface area contributed by atoms with Gasteiger partial charge in [-0.3, -0.25) is 20.2 Å². The first kappa shape index (κ1) is 17.9. The molecule has 1 fully saturated rings. The van der Waals surface area contributed by atoms with Crippen molar-refractivity contribution >= 4 is 35.5 Å². The number of rotatable bonds is 3. The number of carbonyl (C=O) groups is 3. The van der Waals surface area contributed by atoms with Gasteiger partial charge in [0.25, 0.3) is 11.8 Å². The lowest BCUT2D eigenvalue weighted by Crippen LogP contribution is -2.51. The van der Waals surface area contributed by atoms with Gasteiger partial charge >= 0.3 is 6.03 Å². The van der Waals surface area contributed by atoms with Gasteiger partial charge in [0.05, 0.1) is 0 Å². The van der Waals surface area contributed by atoms with Crippen molar-refractivity contribution in [1.82, 2.24) is 10.6 Å². The van der Waals surface area contributed by atoms with Crippen LogP contribution in [0.5, 0.6) is 0 Å². The fourth-order valence-electron chi connectivity index (χ4n) is 3.01. The minimum absolute atomic E-state index is 0.131. The van der Waals surface area contributed by atoms with Crippen LogP contribution in [0, 0.1) is 13.8 Å². The fourth-order valence-corrected chi connectivity index (χ4v) is 3.19. The number of benzene rings is 2. The predicted octanol–water partition coefficient (Wildman–Crippen LogP) is 3.30. The Balaban J connectivity index is 2.01. The van der Waals surface area contributed by atoms with E-state index >= 15 is 0 Å². The van der Waals surface area contributed by atoms with Crippen molar-refractivity contribution < 1.29 is 14.4 Å². The maximum Gasteiger partial charge on any atom is 0.328 e. The highest BCUT2D eigenvalue weighted by Gasteiger charge is 2.27. The molecule has 2 aromatic carbocycles. The molecule has 0 unspecified atom stereocenters. The van der Waals surface area contributed by atoms with Crippen molar-refractivity contribution in [2.24, 2.45) is 0 Å². The highest BCUT2D eigenvalue weighted by molar-refractivity contribution is 6.32. The quantitative estimate of drug-likeness (QED) is 0.644. The molecule has 1 aliphatic heterocycles. The molecule has 2 N–H and O–H groups in total. The standard InChI is InChI=1S/C20H17ClN2O3/c1-11-5-12(2)7-13(6-11)8-14-3-4-16(21)9-15(14)10-17-18(24)22-20(26)23-19(17)25/h3-7,9-10H,8H2,1-2H3,(H2,22,23,24,25,26). The molecule has 132 valence electrons. The van der Waals surface area contributed by atoms with Gasteiger partial charge in [0.1, 0.15) is 5.57 Å². The van der Waals surface area contributed by atoms with Crippen LogP contribution < -0.4 is 10.6 Å². The minimum Gasteiger partial charge on any atom is -0.273 e. The molecular weight excluding hydrogens is 352 g/mol. The van der Waals surface area contributed by atoms with Crippen LogP contribution in [0.3, 0.4) is 0 Å². The molecule has 1 heterocycles. The largest absolute Gasteiger partial charge is 0.328 e. The summed E-state index contributed by atoms with van der Waals surface area (Å²) in [5, 5.41) is 4.63. The number of hydrogen-bond acceptors (Lipinski definition) is 3. The fraction of sp³-hybridized carbons (Fsp3) is 0.150. The Hall–Kier alpha value is -2.92. The number of carbonyl (C=O) groups excluding carboxylic acids is 3. The van der Waals surface area contributed by atoms with Gasteiger partial charge in [-0.25, -0.2) is 4.79 Å². The van der Waals surface area contributed by atoms with E-state index in [1.165, 1.54) is 17.2 Å². The molecule has 5 nitrogen and oxygen atoms in total. The summed E-state index contributed by atoms with van der Waals surface area (Å²) >= 11 is 6.10. The molecule has 2 aromatic rings. The summed E-state index contributed by atoms with van der Waals surface area (Å²) in [5.74, 6) is -1.45. The molecule has 0 spiro atoms. The summed E-state index contributed by atoms with van der Waals surface area (Å²) in [6, 6.07) is 10.8. The lowest BCUT2D eigenvalue weighted by atomic mass is 9.96. The second kappa shape index (κ2) is 7.14. The number of amides is 4. The van der Waals surface area contributed by atoms with E-state index in [1.54, 1.807) is 12.1 Å². The molecule has 26 heavy (non-hydrogen) atoms. The molecule has 0 saturated carbocycles. The topological polar surface area (TPSA) is 75.3 Å². The van der Waals surface area contributed by atoms with Gasteiger partial charge in [-0.1, -0.05) is 47.0 Å². The average molecular weight is 369 g/mol. The predicted molar refractivity (Wildman–Crippen MR) is 99.8 cm³/mol. The summed E-state index contributed by atoms with van der Waals surface area (Å²) in [6.45, 7) is 4.07. The van der Waals surface area contributed by atoms with Crippen molar-refractivity contribution in [2.75, 3.05) is 0 Å². The van der Waals surface area contributed by atoms with Crippen LogP contribution in [0.4, 0.5) is 4.79 Å². The van der Waals surface area contributed by atoms with E-state index in [0.717, 1.165) is 11.1 Å². The summed E-state index contributed by atoms with van der Waals surface area (Å²) < 4.78 is 0. The summed E-state index contributed by atoms with van der Waals surface area (Å²) in [7, 11) is 0. The highest BCUT2D eigenvalue weighted by atomic mass is 35.5. The molecule has 0 aliphatic carbocycles. The first-order chi connectivity index (χ1) is 12.3. The zero-order valence-electron chi connectivity index (χ0n) is 14.4. The maximum atomic E-state index is 12.0. The molecule has 0 radical (unpaired) electrons. The van der Waals surface area contributed by atoms with Crippen LogP contribution in [0.25, 0.3) is 6.08 Å². The number of urea groups is 1. The Bertz CT molecular complexity index is 921. The molecule has 1 saturated heterocycles. The van der Waals surface area contributed by atoms with E-state index < -0.39 is 17.8 Å². The molecule has 0 aromatic heterocycles. The van der Waals surface area contributed by atoms with Gasteiger partial charge < -0.3 is 0 Å². The van der Waals surface area contributed by atoms with Crippen LogP contribution >= 0.6 is 11.6 Å². The third kappa shape index (κ3) is 4.00. The van der Waals surface area contributed by atoms with E-state index in [0.29, 0.717) is 17.0 Å². The minimum atomic E-state index is -0.821. The summed E-state index contributed by atoms with van der Waals surface area (Å²) in [6.07, 6.45) is 2.09. The monoisotopic (exact) mass is 368 g/mol. The van der Waals surface area contributed by atoms with Crippen molar-refractivity contribution in [3.63, 3.8) is 0 Å². The van der Waals surface area contributed by atoms with Gasteiger partial charge in [0.2, 0.25) is 0 Å². The first-order valence-electron chi connectivity index (χ1n) is 8.06. The van der Waals surface area contributed by atoms with E-state index in [4.69, 9.17) is 11.6 Å². The number of hydrogen-bond donors (Lipinski definition) is 2. The molecule has 1 aliphatic rings. The SMILES string of the molecule is Cc1cc(C)cc(Cc2ccc(Cl)cc2C=C2C(=O)NC(=O)NC2=O)c1. The second-order valence-electron chi connectivity index (χ2n) is 6.31. The van der Waals surface area contributed by atoms with E-state index in [2.05, 4.69) is 28.8 Å². The molecule has 0 atom stereocenters. The molecular formula is C20H17ClN2O3. The molecule has 3 rings (SSSR count). The molecule has 6 heteroatoms. The average Bonchev–Trinajstić information content (AvgIpc) is 2.52. The zero-order valence-corrected chi connectivity index (χ0v) is 15.1. The lowest BCUT2D eigenvalue weighted by Gasteiger charge is -2.15. The maximum absolute atomic E-state index is 12.0. The number of halogens is 1. The third-order valence-corrected chi connectivity index (χ3v) is 4.26. The van der Waals surface area contributed by atoms with Crippen LogP contribution in [-0.2, 0) is 16.0 Å². The van der Waals surface area contributed by atoms with Gasteiger partial charge in [-0.05, 0) is 55.2 Å². The van der Waals surface area contributed by atoms with Crippen molar-refractivity contribution in [2.45, 2.75) is 20.3 Å². The van der Waals surface area contributed by atoms with Crippen molar-refractivity contribution in [3.8, 4) is 0 Å². The Morgan fingerprint density at radius 3 is 2.15 bits per heavy atom. The number of imide groups is 2. The van der Waals surface area contributed by atoms with E-state index in [9.17, 15) is 14.4 Å². The Morgan fingerprint density at radius 2 is 1.54 bits per heavy atom. The first-order valence-corrected chi connectivity index (χ1v) is 8.43. The normalized spacial score (nSPS) is 14.1. The number of barbiturate groups is 1. The van der Waals surface area contributed by atoms with Crippen LogP contribution in [0.2, 0.25) is 5.02 Å². The van der Waals surface area contributed by atoms with Crippen LogP contribution in [-0.4, -0.2) is 17.8 Å². The third-order valence-electron chi connectivity index (χ3n) is 4.03. The van der Waals surface area contributed by atoms with E-state index in [1.807, 2.05) is 19.9 Å². The number of aryl methyl sites for hydroxylation is 2. The highest BCUT2D eigenvalue weighted by Crippen LogP contribution is 2.23.